The molecule has 0 aromatic heterocycles. The number of carbonyl (C=O) groups is 1. The van der Waals surface area contributed by atoms with Crippen molar-refractivity contribution in [2.75, 3.05) is 12.3 Å². The Labute approximate surface area is 113 Å². The lowest BCUT2D eigenvalue weighted by Crippen LogP contribution is -2.50. The molecule has 0 bridgehead atoms. The molecule has 4 nitrogen and oxygen atoms in total. The van der Waals surface area contributed by atoms with Crippen LogP contribution >= 0.6 is 0 Å². The van der Waals surface area contributed by atoms with Gasteiger partial charge in [0.05, 0.1) is 11.6 Å². The minimum Gasteiger partial charge on any atom is -0.399 e. The SMILES string of the molecule is CC1OCCC1(C)NC(=O)/C=C/c1cccc(N)c1. The maximum atomic E-state index is 11.9. The fourth-order valence-corrected chi connectivity index (χ4v) is 2.16. The average Bonchev–Trinajstić information content (AvgIpc) is 2.67. The van der Waals surface area contributed by atoms with E-state index >= 15 is 0 Å². The standard InChI is InChI=1S/C15H20N2O2/c1-11-15(2,8-9-19-11)17-14(18)7-6-12-4-3-5-13(16)10-12/h3-7,10-11H,8-9,16H2,1-2H3,(H,17,18)/b7-6+. The summed E-state index contributed by atoms with van der Waals surface area (Å²) in [4.78, 5) is 11.9. The number of anilines is 1. The summed E-state index contributed by atoms with van der Waals surface area (Å²) in [6, 6.07) is 7.41. The number of hydrogen-bond acceptors (Lipinski definition) is 3. The highest BCUT2D eigenvalue weighted by Gasteiger charge is 2.37. The quantitative estimate of drug-likeness (QED) is 0.645. The van der Waals surface area contributed by atoms with Gasteiger partial charge >= 0.3 is 0 Å². The molecule has 0 aliphatic carbocycles. The number of hydrogen-bond donors (Lipinski definition) is 2. The maximum absolute atomic E-state index is 11.9. The van der Waals surface area contributed by atoms with Crippen LogP contribution in [0.2, 0.25) is 0 Å². The van der Waals surface area contributed by atoms with Crippen LogP contribution in [-0.4, -0.2) is 24.2 Å². The molecule has 4 heteroatoms. The molecule has 1 amide bonds. The Bertz CT molecular complexity index is 499. The van der Waals surface area contributed by atoms with Crippen LogP contribution in [0.5, 0.6) is 0 Å². The Morgan fingerprint density at radius 3 is 3.00 bits per heavy atom. The zero-order valence-electron chi connectivity index (χ0n) is 11.3. The van der Waals surface area contributed by atoms with Gasteiger partial charge in [0.15, 0.2) is 0 Å². The fraction of sp³-hybridized carbons (Fsp3) is 0.400. The summed E-state index contributed by atoms with van der Waals surface area (Å²) in [5.74, 6) is -0.109. The zero-order valence-corrected chi connectivity index (χ0v) is 11.3. The van der Waals surface area contributed by atoms with Crippen LogP contribution in [0.3, 0.4) is 0 Å². The first-order valence-corrected chi connectivity index (χ1v) is 6.47. The minimum atomic E-state index is -0.281. The first-order chi connectivity index (χ1) is 8.99. The lowest BCUT2D eigenvalue weighted by atomic mass is 9.94. The van der Waals surface area contributed by atoms with Crippen LogP contribution in [0.4, 0.5) is 5.69 Å². The van der Waals surface area contributed by atoms with Gasteiger partial charge in [0, 0.05) is 18.4 Å². The van der Waals surface area contributed by atoms with E-state index in [1.165, 1.54) is 6.08 Å². The Kier molecular flexibility index (Phi) is 3.90. The number of nitrogens with two attached hydrogens (primary N) is 1. The van der Waals surface area contributed by atoms with E-state index in [1.807, 2.05) is 38.1 Å². The van der Waals surface area contributed by atoms with E-state index in [0.717, 1.165) is 12.0 Å². The average molecular weight is 260 g/mol. The third-order valence-electron chi connectivity index (χ3n) is 3.63. The van der Waals surface area contributed by atoms with Gasteiger partial charge in [0.2, 0.25) is 5.91 Å². The van der Waals surface area contributed by atoms with Gasteiger partial charge in [-0.2, -0.15) is 0 Å². The Morgan fingerprint density at radius 2 is 2.37 bits per heavy atom. The number of benzene rings is 1. The van der Waals surface area contributed by atoms with E-state index in [-0.39, 0.29) is 17.6 Å². The minimum absolute atomic E-state index is 0.0391. The van der Waals surface area contributed by atoms with Crippen molar-refractivity contribution in [1.82, 2.24) is 5.32 Å². The second-order valence-electron chi connectivity index (χ2n) is 5.17. The molecule has 3 N–H and O–H groups in total. The van der Waals surface area contributed by atoms with E-state index in [0.29, 0.717) is 12.3 Å². The molecule has 0 saturated carbocycles. The molecule has 2 atom stereocenters. The van der Waals surface area contributed by atoms with E-state index in [2.05, 4.69) is 5.32 Å². The summed E-state index contributed by atoms with van der Waals surface area (Å²) in [6.07, 6.45) is 4.17. The van der Waals surface area contributed by atoms with Crippen LogP contribution in [0.25, 0.3) is 6.08 Å². The normalized spacial score (nSPS) is 26.7. The van der Waals surface area contributed by atoms with Crippen molar-refractivity contribution in [1.29, 1.82) is 0 Å². The van der Waals surface area contributed by atoms with Crippen molar-refractivity contribution >= 4 is 17.7 Å². The molecule has 0 spiro atoms. The number of rotatable bonds is 3. The van der Waals surface area contributed by atoms with Crippen molar-refractivity contribution in [3.8, 4) is 0 Å². The van der Waals surface area contributed by atoms with Crippen LogP contribution < -0.4 is 11.1 Å². The van der Waals surface area contributed by atoms with Crippen LogP contribution in [0, 0.1) is 0 Å². The van der Waals surface area contributed by atoms with Crippen LogP contribution in [0.15, 0.2) is 30.3 Å². The van der Waals surface area contributed by atoms with E-state index in [1.54, 1.807) is 6.08 Å². The molecule has 102 valence electrons. The molecule has 2 rings (SSSR count). The Balaban J connectivity index is 1.98. The van der Waals surface area contributed by atoms with Crippen LogP contribution in [0.1, 0.15) is 25.8 Å². The maximum Gasteiger partial charge on any atom is 0.244 e. The molecule has 1 aliphatic heterocycles. The predicted octanol–water partition coefficient (Wildman–Crippen LogP) is 1.97. The van der Waals surface area contributed by atoms with E-state index < -0.39 is 0 Å². The number of nitrogen functional groups attached to an aromatic ring is 1. The number of carbonyl (C=O) groups excluding carboxylic acids is 1. The smallest absolute Gasteiger partial charge is 0.244 e. The highest BCUT2D eigenvalue weighted by molar-refractivity contribution is 5.92. The Hall–Kier alpha value is -1.81. The third-order valence-corrected chi connectivity index (χ3v) is 3.63. The molecule has 0 radical (unpaired) electrons. The molecule has 19 heavy (non-hydrogen) atoms. The topological polar surface area (TPSA) is 64.3 Å². The van der Waals surface area contributed by atoms with Gasteiger partial charge in [0.1, 0.15) is 0 Å². The number of nitrogens with one attached hydrogen (secondary N) is 1. The molecule has 1 aliphatic rings. The summed E-state index contributed by atoms with van der Waals surface area (Å²) in [6.45, 7) is 4.68. The lowest BCUT2D eigenvalue weighted by molar-refractivity contribution is -0.118. The molecular weight excluding hydrogens is 240 g/mol. The molecule has 1 saturated heterocycles. The molecule has 1 heterocycles. The van der Waals surface area contributed by atoms with Gasteiger partial charge in [-0.3, -0.25) is 4.79 Å². The summed E-state index contributed by atoms with van der Waals surface area (Å²) in [5.41, 5.74) is 7.01. The monoisotopic (exact) mass is 260 g/mol. The van der Waals surface area contributed by atoms with Gasteiger partial charge in [0.25, 0.3) is 0 Å². The second kappa shape index (κ2) is 5.45. The van der Waals surface area contributed by atoms with Crippen molar-refractivity contribution < 1.29 is 9.53 Å². The summed E-state index contributed by atoms with van der Waals surface area (Å²) in [5, 5.41) is 3.01. The number of ether oxygens (including phenoxy) is 1. The van der Waals surface area contributed by atoms with Gasteiger partial charge < -0.3 is 15.8 Å². The van der Waals surface area contributed by atoms with E-state index in [4.69, 9.17) is 10.5 Å². The summed E-state index contributed by atoms with van der Waals surface area (Å²) >= 11 is 0. The first kappa shape index (κ1) is 13.6. The molecule has 1 fully saturated rings. The van der Waals surface area contributed by atoms with Gasteiger partial charge in [-0.25, -0.2) is 0 Å². The van der Waals surface area contributed by atoms with Gasteiger partial charge in [-0.05, 0) is 44.0 Å². The van der Waals surface area contributed by atoms with Crippen LogP contribution in [-0.2, 0) is 9.53 Å². The Morgan fingerprint density at radius 1 is 1.58 bits per heavy atom. The molecule has 2 unspecified atom stereocenters. The highest BCUT2D eigenvalue weighted by Crippen LogP contribution is 2.24. The van der Waals surface area contributed by atoms with Crippen molar-refractivity contribution in [2.24, 2.45) is 0 Å². The zero-order chi connectivity index (χ0) is 13.9. The summed E-state index contributed by atoms with van der Waals surface area (Å²) in [7, 11) is 0. The van der Waals surface area contributed by atoms with E-state index in [9.17, 15) is 4.79 Å². The first-order valence-electron chi connectivity index (χ1n) is 6.47. The number of amides is 1. The second-order valence-corrected chi connectivity index (χ2v) is 5.17. The predicted molar refractivity (Wildman–Crippen MR) is 76.5 cm³/mol. The fourth-order valence-electron chi connectivity index (χ4n) is 2.16. The largest absolute Gasteiger partial charge is 0.399 e. The molecule has 1 aromatic rings. The molecular formula is C15H20N2O2. The highest BCUT2D eigenvalue weighted by atomic mass is 16.5. The van der Waals surface area contributed by atoms with Crippen molar-refractivity contribution in [3.63, 3.8) is 0 Å². The van der Waals surface area contributed by atoms with Crippen molar-refractivity contribution in [2.45, 2.75) is 31.9 Å². The van der Waals surface area contributed by atoms with Gasteiger partial charge in [-0.1, -0.05) is 12.1 Å². The molecule has 1 aromatic carbocycles. The summed E-state index contributed by atoms with van der Waals surface area (Å²) < 4.78 is 5.49. The lowest BCUT2D eigenvalue weighted by Gasteiger charge is -2.28. The van der Waals surface area contributed by atoms with Gasteiger partial charge in [-0.15, -0.1) is 0 Å². The van der Waals surface area contributed by atoms with Crippen molar-refractivity contribution in [3.05, 3.63) is 35.9 Å². The third kappa shape index (κ3) is 3.35.